The topological polar surface area (TPSA) is 85.8 Å². The number of carbonyl (C=O) groups excluding carboxylic acids is 1. The molecule has 84 valence electrons. The summed E-state index contributed by atoms with van der Waals surface area (Å²) in [6.07, 6.45) is 3.55. The Morgan fingerprint density at radius 2 is 2.47 bits per heavy atom. The Hall–Kier alpha value is -1.43. The van der Waals surface area contributed by atoms with Crippen molar-refractivity contribution in [3.8, 4) is 0 Å². The van der Waals surface area contributed by atoms with Crippen molar-refractivity contribution in [2.75, 3.05) is 5.32 Å². The van der Waals surface area contributed by atoms with Crippen LogP contribution in [0.15, 0.2) is 6.33 Å². The number of aryl methyl sites for hydroxylation is 1. The van der Waals surface area contributed by atoms with Gasteiger partial charge in [0, 0.05) is 19.5 Å². The van der Waals surface area contributed by atoms with E-state index in [2.05, 4.69) is 15.4 Å². The molecule has 6 nitrogen and oxygen atoms in total. The number of rotatable bonds is 5. The van der Waals surface area contributed by atoms with E-state index in [9.17, 15) is 4.79 Å². The van der Waals surface area contributed by atoms with Gasteiger partial charge in [0.1, 0.15) is 6.33 Å². The van der Waals surface area contributed by atoms with Crippen LogP contribution in [0.5, 0.6) is 0 Å². The maximum absolute atomic E-state index is 11.5. The van der Waals surface area contributed by atoms with Gasteiger partial charge >= 0.3 is 0 Å². The highest BCUT2D eigenvalue weighted by atomic mass is 16.1. The summed E-state index contributed by atoms with van der Waals surface area (Å²) in [5, 5.41) is 6.49. The maximum atomic E-state index is 11.5. The third kappa shape index (κ3) is 3.67. The molecule has 0 bridgehead atoms. The average molecular weight is 211 g/mol. The van der Waals surface area contributed by atoms with Crippen LogP contribution in [0.25, 0.3) is 0 Å². The van der Waals surface area contributed by atoms with E-state index in [1.54, 1.807) is 7.05 Å². The Bertz CT molecular complexity index is 322. The highest BCUT2D eigenvalue weighted by molar-refractivity contribution is 5.89. The molecule has 0 spiro atoms. The van der Waals surface area contributed by atoms with Gasteiger partial charge < -0.3 is 5.73 Å². The molecule has 0 aromatic carbocycles. The van der Waals surface area contributed by atoms with E-state index in [1.807, 2.05) is 6.92 Å². The lowest BCUT2D eigenvalue weighted by Crippen LogP contribution is -2.27. The molecule has 1 heterocycles. The number of hydrogen-bond acceptors (Lipinski definition) is 4. The van der Waals surface area contributed by atoms with Crippen molar-refractivity contribution in [3.05, 3.63) is 6.33 Å². The molecular weight excluding hydrogens is 194 g/mol. The lowest BCUT2D eigenvalue weighted by atomic mass is 10.1. The van der Waals surface area contributed by atoms with E-state index >= 15 is 0 Å². The van der Waals surface area contributed by atoms with E-state index in [4.69, 9.17) is 5.73 Å². The summed E-state index contributed by atoms with van der Waals surface area (Å²) in [6, 6.07) is -0.0803. The molecule has 3 N–H and O–H groups in total. The second-order valence-electron chi connectivity index (χ2n) is 3.51. The second kappa shape index (κ2) is 5.45. The van der Waals surface area contributed by atoms with Crippen molar-refractivity contribution in [1.29, 1.82) is 0 Å². The first-order valence-electron chi connectivity index (χ1n) is 5.03. The summed E-state index contributed by atoms with van der Waals surface area (Å²) in [7, 11) is 1.72. The van der Waals surface area contributed by atoms with Crippen LogP contribution < -0.4 is 11.1 Å². The lowest BCUT2D eigenvalue weighted by Gasteiger charge is -2.09. The van der Waals surface area contributed by atoms with E-state index in [0.717, 1.165) is 12.8 Å². The summed E-state index contributed by atoms with van der Waals surface area (Å²) in [5.74, 6) is 0.329. The van der Waals surface area contributed by atoms with Gasteiger partial charge in [-0.1, -0.05) is 13.3 Å². The van der Waals surface area contributed by atoms with E-state index in [0.29, 0.717) is 12.4 Å². The van der Waals surface area contributed by atoms with Crippen LogP contribution in [0.4, 0.5) is 5.95 Å². The number of aromatic nitrogens is 3. The average Bonchev–Trinajstić information content (AvgIpc) is 2.52. The monoisotopic (exact) mass is 211 g/mol. The van der Waals surface area contributed by atoms with Gasteiger partial charge in [-0.2, -0.15) is 10.1 Å². The Morgan fingerprint density at radius 1 is 1.73 bits per heavy atom. The molecule has 6 heteroatoms. The molecule has 1 unspecified atom stereocenters. The molecule has 1 atom stereocenters. The standard InChI is InChI=1S/C9H17N5O/c1-3-4-7(10)5-8(15)13-9-11-6-12-14(9)2/h6-7H,3-5,10H2,1-2H3,(H,11,12,13,15). The molecule has 0 aliphatic rings. The van der Waals surface area contributed by atoms with Gasteiger partial charge in [-0.15, -0.1) is 0 Å². The van der Waals surface area contributed by atoms with Crippen LogP contribution in [0.3, 0.4) is 0 Å². The van der Waals surface area contributed by atoms with E-state index in [1.165, 1.54) is 11.0 Å². The zero-order valence-electron chi connectivity index (χ0n) is 9.10. The summed E-state index contributed by atoms with van der Waals surface area (Å²) in [5.41, 5.74) is 5.75. The highest BCUT2D eigenvalue weighted by Gasteiger charge is 2.10. The molecule has 1 amide bonds. The van der Waals surface area contributed by atoms with Crippen molar-refractivity contribution in [3.63, 3.8) is 0 Å². The van der Waals surface area contributed by atoms with Gasteiger partial charge in [0.25, 0.3) is 0 Å². The summed E-state index contributed by atoms with van der Waals surface area (Å²) >= 11 is 0. The van der Waals surface area contributed by atoms with Crippen molar-refractivity contribution < 1.29 is 4.79 Å². The minimum Gasteiger partial charge on any atom is -0.327 e. The zero-order chi connectivity index (χ0) is 11.3. The molecule has 1 aromatic heterocycles. The van der Waals surface area contributed by atoms with Crippen LogP contribution in [-0.2, 0) is 11.8 Å². The Morgan fingerprint density at radius 3 is 3.00 bits per heavy atom. The number of nitrogens with zero attached hydrogens (tertiary/aromatic N) is 3. The minimum atomic E-state index is -0.118. The number of hydrogen-bond donors (Lipinski definition) is 2. The fraction of sp³-hybridized carbons (Fsp3) is 0.667. The zero-order valence-corrected chi connectivity index (χ0v) is 9.10. The number of carbonyl (C=O) groups is 1. The molecular formula is C9H17N5O. The highest BCUT2D eigenvalue weighted by Crippen LogP contribution is 2.02. The Balaban J connectivity index is 2.40. The molecule has 1 rings (SSSR count). The molecule has 1 aromatic rings. The Kier molecular flexibility index (Phi) is 4.23. The molecule has 15 heavy (non-hydrogen) atoms. The van der Waals surface area contributed by atoms with Gasteiger partial charge in [-0.05, 0) is 6.42 Å². The van der Waals surface area contributed by atoms with Crippen LogP contribution in [0.2, 0.25) is 0 Å². The predicted octanol–water partition coefficient (Wildman–Crippen LogP) is 0.271. The number of nitrogens with two attached hydrogens (primary N) is 1. The summed E-state index contributed by atoms with van der Waals surface area (Å²) in [4.78, 5) is 15.4. The van der Waals surface area contributed by atoms with Crippen molar-refractivity contribution >= 4 is 11.9 Å². The third-order valence-corrected chi connectivity index (χ3v) is 2.07. The van der Waals surface area contributed by atoms with Gasteiger partial charge in [0.05, 0.1) is 0 Å². The first-order valence-corrected chi connectivity index (χ1v) is 5.03. The van der Waals surface area contributed by atoms with Crippen LogP contribution in [0.1, 0.15) is 26.2 Å². The number of amides is 1. The smallest absolute Gasteiger partial charge is 0.228 e. The number of anilines is 1. The fourth-order valence-corrected chi connectivity index (χ4v) is 1.30. The molecule has 0 aliphatic carbocycles. The van der Waals surface area contributed by atoms with Crippen molar-refractivity contribution in [2.24, 2.45) is 12.8 Å². The SMILES string of the molecule is CCCC(N)CC(=O)Nc1ncnn1C. The maximum Gasteiger partial charge on any atom is 0.228 e. The van der Waals surface area contributed by atoms with Crippen LogP contribution >= 0.6 is 0 Å². The van der Waals surface area contributed by atoms with Crippen molar-refractivity contribution in [2.45, 2.75) is 32.2 Å². The second-order valence-corrected chi connectivity index (χ2v) is 3.51. The van der Waals surface area contributed by atoms with Crippen molar-refractivity contribution in [1.82, 2.24) is 14.8 Å². The molecule has 0 saturated heterocycles. The molecule has 0 saturated carbocycles. The van der Waals surface area contributed by atoms with Gasteiger partial charge in [-0.3, -0.25) is 10.1 Å². The normalized spacial score (nSPS) is 12.5. The van der Waals surface area contributed by atoms with Gasteiger partial charge in [-0.25, -0.2) is 4.68 Å². The third-order valence-electron chi connectivity index (χ3n) is 2.07. The Labute approximate surface area is 88.9 Å². The van der Waals surface area contributed by atoms with Gasteiger partial charge in [0.15, 0.2) is 0 Å². The first kappa shape index (κ1) is 11.6. The minimum absolute atomic E-state index is 0.0803. The fourth-order valence-electron chi connectivity index (χ4n) is 1.30. The van der Waals surface area contributed by atoms with Crippen LogP contribution in [0, 0.1) is 0 Å². The van der Waals surface area contributed by atoms with Crippen LogP contribution in [-0.4, -0.2) is 26.7 Å². The van der Waals surface area contributed by atoms with E-state index in [-0.39, 0.29) is 11.9 Å². The van der Waals surface area contributed by atoms with Gasteiger partial charge in [0.2, 0.25) is 11.9 Å². The molecule has 0 radical (unpaired) electrons. The van der Waals surface area contributed by atoms with E-state index < -0.39 is 0 Å². The quantitative estimate of drug-likeness (QED) is 0.732. The number of nitrogens with one attached hydrogen (secondary N) is 1. The lowest BCUT2D eigenvalue weighted by molar-refractivity contribution is -0.116. The molecule has 0 fully saturated rings. The summed E-state index contributed by atoms with van der Waals surface area (Å²) < 4.78 is 1.50. The first-order chi connectivity index (χ1) is 7.13. The largest absolute Gasteiger partial charge is 0.327 e. The summed E-state index contributed by atoms with van der Waals surface area (Å²) in [6.45, 7) is 2.04. The molecule has 0 aliphatic heterocycles. The predicted molar refractivity (Wildman–Crippen MR) is 57.1 cm³/mol.